The molecule has 0 spiro atoms. The van der Waals surface area contributed by atoms with Gasteiger partial charge in [-0.3, -0.25) is 9.59 Å². The Morgan fingerprint density at radius 3 is 2.31 bits per heavy atom. The molecule has 1 amide bonds. The molecule has 0 aliphatic rings. The summed E-state index contributed by atoms with van der Waals surface area (Å²) < 4.78 is 6.26. The lowest BCUT2D eigenvalue weighted by Gasteiger charge is -2.07. The van der Waals surface area contributed by atoms with Crippen LogP contribution in [0.1, 0.15) is 39.0 Å². The van der Waals surface area contributed by atoms with Crippen LogP contribution in [-0.2, 0) is 16.6 Å². The molecule has 0 aliphatic heterocycles. The first-order valence-electron chi connectivity index (χ1n) is 7.69. The molecule has 2 aromatic heterocycles. The van der Waals surface area contributed by atoms with Gasteiger partial charge in [0.15, 0.2) is 0 Å². The summed E-state index contributed by atoms with van der Waals surface area (Å²) in [5.41, 5.74) is 1.66. The molecule has 138 valence electrons. The van der Waals surface area contributed by atoms with Crippen LogP contribution >= 0.6 is 23.2 Å². The summed E-state index contributed by atoms with van der Waals surface area (Å²) in [5.74, 6) is -2.23. The van der Waals surface area contributed by atoms with Gasteiger partial charge in [0.25, 0.3) is 11.7 Å². The Labute approximate surface area is 160 Å². The second-order valence-electron chi connectivity index (χ2n) is 5.50. The van der Waals surface area contributed by atoms with Crippen LogP contribution in [0.2, 0.25) is 10.3 Å². The van der Waals surface area contributed by atoms with Gasteiger partial charge in [-0.05, 0) is 38.5 Å². The van der Waals surface area contributed by atoms with E-state index >= 15 is 0 Å². The van der Waals surface area contributed by atoms with Gasteiger partial charge >= 0.3 is 5.97 Å². The number of pyridine rings is 1. The third-order valence-electron chi connectivity index (χ3n) is 3.85. The fourth-order valence-electron chi connectivity index (χ4n) is 2.66. The molecule has 1 N–H and O–H groups in total. The summed E-state index contributed by atoms with van der Waals surface area (Å²) in [6.07, 6.45) is 0. The van der Waals surface area contributed by atoms with E-state index < -0.39 is 17.7 Å². The van der Waals surface area contributed by atoms with Crippen molar-refractivity contribution >= 4 is 46.5 Å². The fourth-order valence-corrected chi connectivity index (χ4v) is 3.12. The van der Waals surface area contributed by atoms with Gasteiger partial charge in [-0.1, -0.05) is 23.2 Å². The minimum atomic E-state index is -0.962. The molecule has 0 bridgehead atoms. The van der Waals surface area contributed by atoms with Gasteiger partial charge < -0.3 is 14.6 Å². The number of nitrogens with zero attached hydrogens (tertiary/aromatic N) is 2. The van der Waals surface area contributed by atoms with Crippen LogP contribution in [0.15, 0.2) is 12.1 Å². The number of esters is 1. The summed E-state index contributed by atoms with van der Waals surface area (Å²) in [7, 11) is 1.60. The highest BCUT2D eigenvalue weighted by Gasteiger charge is 2.29. The van der Waals surface area contributed by atoms with E-state index in [1.54, 1.807) is 27.8 Å². The van der Waals surface area contributed by atoms with Crippen molar-refractivity contribution in [3.63, 3.8) is 0 Å². The number of ketones is 1. The molecule has 0 saturated carbocycles. The highest BCUT2D eigenvalue weighted by Crippen LogP contribution is 2.25. The Hall–Kier alpha value is -2.38. The van der Waals surface area contributed by atoms with E-state index in [0.717, 1.165) is 0 Å². The monoisotopic (exact) mass is 397 g/mol. The van der Waals surface area contributed by atoms with Gasteiger partial charge in [0.1, 0.15) is 16.0 Å². The molecular weight excluding hydrogens is 381 g/mol. The van der Waals surface area contributed by atoms with E-state index in [0.29, 0.717) is 16.9 Å². The lowest BCUT2D eigenvalue weighted by Crippen LogP contribution is -2.21. The lowest BCUT2D eigenvalue weighted by atomic mass is 10.1. The average molecular weight is 398 g/mol. The topological polar surface area (TPSA) is 90.3 Å². The summed E-state index contributed by atoms with van der Waals surface area (Å²) in [6.45, 7) is 4.97. The van der Waals surface area contributed by atoms with Crippen LogP contribution in [0, 0.1) is 13.8 Å². The van der Waals surface area contributed by atoms with E-state index in [-0.39, 0.29) is 28.2 Å². The second-order valence-corrected chi connectivity index (χ2v) is 6.27. The zero-order chi connectivity index (χ0) is 19.6. The van der Waals surface area contributed by atoms with Crippen molar-refractivity contribution in [3.05, 3.63) is 45.0 Å². The summed E-state index contributed by atoms with van der Waals surface area (Å²) in [6, 6.07) is 2.90. The molecule has 0 unspecified atom stereocenters. The van der Waals surface area contributed by atoms with E-state index in [9.17, 15) is 14.4 Å². The number of carbonyl (C=O) groups is 3. The average Bonchev–Trinajstić information content (AvgIpc) is 2.75. The first-order chi connectivity index (χ1) is 12.2. The predicted octanol–water partition coefficient (Wildman–Crippen LogP) is 3.34. The lowest BCUT2D eigenvalue weighted by molar-refractivity contribution is -0.137. The smallest absolute Gasteiger partial charge is 0.381 e. The van der Waals surface area contributed by atoms with E-state index in [1.165, 1.54) is 16.7 Å². The zero-order valence-electron chi connectivity index (χ0n) is 14.6. The Morgan fingerprint density at radius 1 is 1.19 bits per heavy atom. The number of halogens is 2. The van der Waals surface area contributed by atoms with E-state index in [2.05, 4.69) is 10.3 Å². The maximum atomic E-state index is 12.7. The highest BCUT2D eigenvalue weighted by molar-refractivity contribution is 6.41. The standard InChI is InChI=1S/C17H17Cl2N3O4/c1-5-26-17(25)15(23)14-8(2)13(9(3)22(14)4)16(24)20-10-6-11(18)21-12(19)7-10/h6-7H,5H2,1-4H3,(H,20,21,24). The van der Waals surface area contributed by atoms with Crippen molar-refractivity contribution in [2.45, 2.75) is 20.8 Å². The summed E-state index contributed by atoms with van der Waals surface area (Å²) >= 11 is 11.7. The molecule has 2 rings (SSSR count). The number of hydrogen-bond acceptors (Lipinski definition) is 5. The first-order valence-corrected chi connectivity index (χ1v) is 8.44. The normalized spacial score (nSPS) is 10.5. The number of aromatic nitrogens is 2. The van der Waals surface area contributed by atoms with Crippen LogP contribution in [0.25, 0.3) is 0 Å². The van der Waals surface area contributed by atoms with Crippen molar-refractivity contribution < 1.29 is 19.1 Å². The van der Waals surface area contributed by atoms with Crippen LogP contribution in [-0.4, -0.2) is 33.8 Å². The summed E-state index contributed by atoms with van der Waals surface area (Å²) in [4.78, 5) is 40.6. The first kappa shape index (κ1) is 19.9. The minimum absolute atomic E-state index is 0.0872. The van der Waals surface area contributed by atoms with Crippen molar-refractivity contribution in [3.8, 4) is 0 Å². The number of Topliss-reactive ketones (excluding diaryl/α,β-unsaturated/α-hetero) is 1. The molecule has 0 fully saturated rings. The Bertz CT molecular complexity index is 886. The Morgan fingerprint density at radius 2 is 1.77 bits per heavy atom. The molecule has 0 atom stereocenters. The molecule has 7 nitrogen and oxygen atoms in total. The largest absolute Gasteiger partial charge is 0.460 e. The molecule has 2 heterocycles. The van der Waals surface area contributed by atoms with Crippen LogP contribution in [0.3, 0.4) is 0 Å². The molecule has 9 heteroatoms. The molecule has 0 aliphatic carbocycles. The van der Waals surface area contributed by atoms with E-state index in [1.807, 2.05) is 0 Å². The molecule has 2 aromatic rings. The number of anilines is 1. The maximum Gasteiger partial charge on any atom is 0.381 e. The summed E-state index contributed by atoms with van der Waals surface area (Å²) in [5, 5.41) is 2.93. The zero-order valence-corrected chi connectivity index (χ0v) is 16.2. The Balaban J connectivity index is 2.41. The van der Waals surface area contributed by atoms with Gasteiger partial charge in [0, 0.05) is 18.4 Å². The van der Waals surface area contributed by atoms with Crippen molar-refractivity contribution in [1.29, 1.82) is 0 Å². The number of hydrogen-bond donors (Lipinski definition) is 1. The van der Waals surface area contributed by atoms with Gasteiger partial charge in [-0.25, -0.2) is 9.78 Å². The van der Waals surface area contributed by atoms with Gasteiger partial charge in [-0.15, -0.1) is 0 Å². The third kappa shape index (κ3) is 3.89. The molecule has 0 aromatic carbocycles. The molecular formula is C17H17Cl2N3O4. The molecule has 0 saturated heterocycles. The SMILES string of the molecule is CCOC(=O)C(=O)c1c(C)c(C(=O)Nc2cc(Cl)nc(Cl)c2)c(C)n1C. The van der Waals surface area contributed by atoms with Crippen LogP contribution in [0.4, 0.5) is 5.69 Å². The third-order valence-corrected chi connectivity index (χ3v) is 4.24. The highest BCUT2D eigenvalue weighted by atomic mass is 35.5. The predicted molar refractivity (Wildman–Crippen MR) is 98.1 cm³/mol. The van der Waals surface area contributed by atoms with Gasteiger partial charge in [-0.2, -0.15) is 0 Å². The second kappa shape index (κ2) is 7.88. The number of amides is 1. The van der Waals surface area contributed by atoms with Gasteiger partial charge in [0.05, 0.1) is 12.2 Å². The van der Waals surface area contributed by atoms with Gasteiger partial charge in [0.2, 0.25) is 0 Å². The number of nitrogens with one attached hydrogen (secondary N) is 1. The Kier molecular flexibility index (Phi) is 6.05. The van der Waals surface area contributed by atoms with E-state index in [4.69, 9.17) is 27.9 Å². The number of carbonyl (C=O) groups excluding carboxylic acids is 3. The molecule has 0 radical (unpaired) electrons. The number of ether oxygens (including phenoxy) is 1. The van der Waals surface area contributed by atoms with Crippen molar-refractivity contribution in [1.82, 2.24) is 9.55 Å². The van der Waals surface area contributed by atoms with Crippen molar-refractivity contribution in [2.75, 3.05) is 11.9 Å². The van der Waals surface area contributed by atoms with Crippen LogP contribution in [0.5, 0.6) is 0 Å². The van der Waals surface area contributed by atoms with Crippen LogP contribution < -0.4 is 5.32 Å². The fraction of sp³-hybridized carbons (Fsp3) is 0.294. The quantitative estimate of drug-likeness (QED) is 0.361. The minimum Gasteiger partial charge on any atom is -0.460 e. The number of rotatable bonds is 5. The van der Waals surface area contributed by atoms with Crippen molar-refractivity contribution in [2.24, 2.45) is 7.05 Å². The maximum absolute atomic E-state index is 12.7. The molecule has 26 heavy (non-hydrogen) atoms.